The van der Waals surface area contributed by atoms with Gasteiger partial charge in [0.15, 0.2) is 0 Å². The molecule has 1 aromatic heterocycles. The van der Waals surface area contributed by atoms with Crippen LogP contribution in [-0.2, 0) is 6.61 Å². The molecule has 0 fully saturated rings. The second-order valence-electron chi connectivity index (χ2n) is 1.76. The molecule has 0 spiro atoms. The van der Waals surface area contributed by atoms with E-state index in [0.717, 1.165) is 3.57 Å². The highest BCUT2D eigenvalue weighted by Gasteiger charge is 2.00. The normalized spacial score (nSPS) is 9.90. The summed E-state index contributed by atoms with van der Waals surface area (Å²) in [4.78, 5) is 3.42. The standard InChI is InChI=1S/C6H5FINO/c7-6-4(3-10)1-5(8)2-9-6/h1-2,10H,3H2. The van der Waals surface area contributed by atoms with Gasteiger partial charge in [0.1, 0.15) is 0 Å². The summed E-state index contributed by atoms with van der Waals surface area (Å²) < 4.78 is 13.3. The summed E-state index contributed by atoms with van der Waals surface area (Å²) in [5, 5.41) is 8.56. The minimum atomic E-state index is -0.595. The van der Waals surface area contributed by atoms with Crippen molar-refractivity contribution in [1.29, 1.82) is 0 Å². The summed E-state index contributed by atoms with van der Waals surface area (Å²) in [7, 11) is 0. The Labute approximate surface area is 71.2 Å². The average Bonchev–Trinajstić information content (AvgIpc) is 1.94. The van der Waals surface area contributed by atoms with Gasteiger partial charge in [-0.05, 0) is 28.7 Å². The number of rotatable bonds is 1. The number of pyridine rings is 1. The van der Waals surface area contributed by atoms with Crippen molar-refractivity contribution in [2.24, 2.45) is 0 Å². The van der Waals surface area contributed by atoms with Gasteiger partial charge in [0.25, 0.3) is 0 Å². The summed E-state index contributed by atoms with van der Waals surface area (Å²) in [5.41, 5.74) is 0.242. The molecule has 0 saturated carbocycles. The van der Waals surface area contributed by atoms with Crippen LogP contribution in [0, 0.1) is 9.52 Å². The van der Waals surface area contributed by atoms with Crippen molar-refractivity contribution in [2.75, 3.05) is 0 Å². The van der Waals surface area contributed by atoms with Crippen LogP contribution in [0.2, 0.25) is 0 Å². The number of aliphatic hydroxyl groups excluding tert-OH is 1. The molecule has 0 unspecified atom stereocenters. The van der Waals surface area contributed by atoms with E-state index < -0.39 is 5.95 Å². The first-order valence-electron chi connectivity index (χ1n) is 2.65. The molecule has 1 aromatic rings. The van der Waals surface area contributed by atoms with Crippen LogP contribution in [0.4, 0.5) is 4.39 Å². The van der Waals surface area contributed by atoms with Gasteiger partial charge in [0.05, 0.1) is 6.61 Å². The first kappa shape index (κ1) is 7.87. The molecular weight excluding hydrogens is 248 g/mol. The molecule has 0 aliphatic heterocycles. The fraction of sp³-hybridized carbons (Fsp3) is 0.167. The van der Waals surface area contributed by atoms with Crippen molar-refractivity contribution in [2.45, 2.75) is 6.61 Å². The van der Waals surface area contributed by atoms with Crippen LogP contribution in [0.5, 0.6) is 0 Å². The molecule has 0 saturated heterocycles. The molecule has 2 nitrogen and oxygen atoms in total. The van der Waals surface area contributed by atoms with Gasteiger partial charge in [-0.2, -0.15) is 4.39 Å². The van der Waals surface area contributed by atoms with Crippen molar-refractivity contribution < 1.29 is 9.50 Å². The molecule has 0 amide bonds. The topological polar surface area (TPSA) is 33.1 Å². The highest BCUT2D eigenvalue weighted by molar-refractivity contribution is 14.1. The summed E-state index contributed by atoms with van der Waals surface area (Å²) >= 11 is 2.01. The summed E-state index contributed by atoms with van der Waals surface area (Å²) in [5.74, 6) is -0.595. The Morgan fingerprint density at radius 3 is 2.90 bits per heavy atom. The number of aliphatic hydroxyl groups is 1. The number of hydrogen-bond acceptors (Lipinski definition) is 2. The third-order valence-corrected chi connectivity index (χ3v) is 1.64. The van der Waals surface area contributed by atoms with Gasteiger partial charge in [-0.15, -0.1) is 0 Å². The smallest absolute Gasteiger partial charge is 0.218 e. The van der Waals surface area contributed by atoms with Gasteiger partial charge in [-0.1, -0.05) is 0 Å². The zero-order chi connectivity index (χ0) is 7.56. The predicted molar refractivity (Wildman–Crippen MR) is 42.8 cm³/mol. The monoisotopic (exact) mass is 253 g/mol. The molecule has 4 heteroatoms. The average molecular weight is 253 g/mol. The molecule has 1 rings (SSSR count). The summed E-state index contributed by atoms with van der Waals surface area (Å²) in [6, 6.07) is 1.56. The highest BCUT2D eigenvalue weighted by atomic mass is 127. The lowest BCUT2D eigenvalue weighted by Gasteiger charge is -1.96. The lowest BCUT2D eigenvalue weighted by molar-refractivity contribution is 0.274. The molecule has 0 radical (unpaired) electrons. The van der Waals surface area contributed by atoms with Crippen molar-refractivity contribution >= 4 is 22.6 Å². The third kappa shape index (κ3) is 1.63. The van der Waals surface area contributed by atoms with Gasteiger partial charge in [0.2, 0.25) is 5.95 Å². The van der Waals surface area contributed by atoms with E-state index >= 15 is 0 Å². The number of nitrogens with zero attached hydrogens (tertiary/aromatic N) is 1. The van der Waals surface area contributed by atoms with E-state index in [0.29, 0.717) is 0 Å². The highest BCUT2D eigenvalue weighted by Crippen LogP contribution is 2.08. The Kier molecular flexibility index (Phi) is 2.56. The number of aromatic nitrogens is 1. The Morgan fingerprint density at radius 1 is 1.70 bits per heavy atom. The zero-order valence-corrected chi connectivity index (χ0v) is 7.17. The van der Waals surface area contributed by atoms with Crippen LogP contribution in [0.1, 0.15) is 5.56 Å². The first-order chi connectivity index (χ1) is 4.74. The van der Waals surface area contributed by atoms with Crippen molar-refractivity contribution in [3.63, 3.8) is 0 Å². The van der Waals surface area contributed by atoms with E-state index in [4.69, 9.17) is 5.11 Å². The maximum Gasteiger partial charge on any atom is 0.218 e. The Hall–Kier alpha value is -0.230. The van der Waals surface area contributed by atoms with E-state index in [2.05, 4.69) is 4.98 Å². The summed E-state index contributed by atoms with van der Waals surface area (Å²) in [6.45, 7) is -0.296. The van der Waals surface area contributed by atoms with E-state index in [-0.39, 0.29) is 12.2 Å². The lowest BCUT2D eigenvalue weighted by atomic mass is 10.3. The molecule has 54 valence electrons. The predicted octanol–water partition coefficient (Wildman–Crippen LogP) is 1.32. The second-order valence-corrected chi connectivity index (χ2v) is 3.01. The summed E-state index contributed by atoms with van der Waals surface area (Å²) in [6.07, 6.45) is 1.41. The molecule has 0 aliphatic carbocycles. The molecule has 1 N–H and O–H groups in total. The van der Waals surface area contributed by atoms with E-state index in [9.17, 15) is 4.39 Å². The molecule has 0 atom stereocenters. The van der Waals surface area contributed by atoms with Crippen molar-refractivity contribution in [1.82, 2.24) is 4.98 Å². The molecular formula is C6H5FINO. The molecule has 0 bridgehead atoms. The van der Waals surface area contributed by atoms with Crippen LogP contribution in [0.15, 0.2) is 12.3 Å². The number of hydrogen-bond donors (Lipinski definition) is 1. The Bertz CT molecular complexity index is 241. The first-order valence-corrected chi connectivity index (χ1v) is 3.72. The van der Waals surface area contributed by atoms with Crippen LogP contribution >= 0.6 is 22.6 Å². The Balaban J connectivity index is 3.09. The van der Waals surface area contributed by atoms with Crippen LogP contribution in [0.3, 0.4) is 0 Å². The zero-order valence-electron chi connectivity index (χ0n) is 5.01. The van der Waals surface area contributed by atoms with Crippen molar-refractivity contribution in [3.8, 4) is 0 Å². The molecule has 0 aliphatic rings. The Morgan fingerprint density at radius 2 is 2.40 bits per heavy atom. The van der Waals surface area contributed by atoms with E-state index in [1.54, 1.807) is 6.07 Å². The molecule has 1 heterocycles. The van der Waals surface area contributed by atoms with Gasteiger partial charge in [-0.25, -0.2) is 4.98 Å². The van der Waals surface area contributed by atoms with Crippen LogP contribution in [0.25, 0.3) is 0 Å². The maximum absolute atomic E-state index is 12.5. The molecule has 0 aromatic carbocycles. The van der Waals surface area contributed by atoms with E-state index in [1.807, 2.05) is 22.6 Å². The number of halogens is 2. The molecule has 10 heavy (non-hydrogen) atoms. The fourth-order valence-corrected chi connectivity index (χ4v) is 1.09. The van der Waals surface area contributed by atoms with Gasteiger partial charge < -0.3 is 5.11 Å². The van der Waals surface area contributed by atoms with Crippen LogP contribution < -0.4 is 0 Å². The second kappa shape index (κ2) is 3.25. The van der Waals surface area contributed by atoms with Gasteiger partial charge >= 0.3 is 0 Å². The van der Waals surface area contributed by atoms with Crippen molar-refractivity contribution in [3.05, 3.63) is 27.3 Å². The van der Waals surface area contributed by atoms with E-state index in [1.165, 1.54) is 6.20 Å². The maximum atomic E-state index is 12.5. The SMILES string of the molecule is OCc1cc(I)cnc1F. The lowest BCUT2D eigenvalue weighted by Crippen LogP contribution is -1.93. The quantitative estimate of drug-likeness (QED) is 0.604. The van der Waals surface area contributed by atoms with Gasteiger partial charge in [0, 0.05) is 15.3 Å². The van der Waals surface area contributed by atoms with Crippen LogP contribution in [-0.4, -0.2) is 10.1 Å². The fourth-order valence-electron chi connectivity index (χ4n) is 0.575. The largest absolute Gasteiger partial charge is 0.392 e. The minimum Gasteiger partial charge on any atom is -0.392 e. The third-order valence-electron chi connectivity index (χ3n) is 1.05. The minimum absolute atomic E-state index is 0.242. The van der Waals surface area contributed by atoms with Gasteiger partial charge in [-0.3, -0.25) is 0 Å².